The Kier molecular flexibility index (Phi) is 6.89. The highest BCUT2D eigenvalue weighted by Crippen LogP contribution is 2.22. The molecule has 136 valence electrons. The van der Waals surface area contributed by atoms with E-state index in [1.54, 1.807) is 11.3 Å². The van der Waals surface area contributed by atoms with E-state index in [9.17, 15) is 8.42 Å². The summed E-state index contributed by atoms with van der Waals surface area (Å²) in [5, 5.41) is 3.43. The molecule has 1 saturated heterocycles. The minimum atomic E-state index is -2.83. The van der Waals surface area contributed by atoms with E-state index >= 15 is 0 Å². The molecule has 0 radical (unpaired) electrons. The second kappa shape index (κ2) is 8.31. The molecular weight excluding hydrogens is 459 g/mol. The van der Waals surface area contributed by atoms with Crippen LogP contribution in [0, 0.1) is 5.92 Å². The van der Waals surface area contributed by atoms with E-state index in [-0.39, 0.29) is 35.6 Å². The van der Waals surface area contributed by atoms with E-state index in [4.69, 9.17) is 4.99 Å². The fourth-order valence-electron chi connectivity index (χ4n) is 3.03. The number of halogens is 1. The van der Waals surface area contributed by atoms with Gasteiger partial charge in [-0.05, 0) is 26.2 Å². The zero-order valence-corrected chi connectivity index (χ0v) is 18.0. The van der Waals surface area contributed by atoms with Gasteiger partial charge in [-0.2, -0.15) is 0 Å². The van der Waals surface area contributed by atoms with E-state index in [2.05, 4.69) is 29.0 Å². The number of nitrogens with one attached hydrogen (secondary N) is 1. The van der Waals surface area contributed by atoms with E-state index in [1.165, 1.54) is 10.6 Å². The monoisotopic (exact) mass is 484 g/mol. The summed E-state index contributed by atoms with van der Waals surface area (Å²) in [5.74, 6) is 1.65. The van der Waals surface area contributed by atoms with Crippen molar-refractivity contribution in [2.75, 3.05) is 24.6 Å². The molecule has 0 bridgehead atoms. The Morgan fingerprint density at radius 2 is 2.33 bits per heavy atom. The Labute approximate surface area is 165 Å². The fourth-order valence-corrected chi connectivity index (χ4v) is 5.70. The number of hydrogen-bond donors (Lipinski definition) is 1. The number of aliphatic imine (C=N–C) groups is 1. The molecule has 6 nitrogen and oxygen atoms in total. The first kappa shape index (κ1) is 19.9. The molecule has 24 heavy (non-hydrogen) atoms. The van der Waals surface area contributed by atoms with E-state index < -0.39 is 9.84 Å². The Balaban J connectivity index is 0.00000208. The van der Waals surface area contributed by atoms with Crippen LogP contribution in [-0.2, 0) is 22.8 Å². The van der Waals surface area contributed by atoms with Crippen LogP contribution in [-0.4, -0.2) is 54.9 Å². The summed E-state index contributed by atoms with van der Waals surface area (Å²) in [5.41, 5.74) is 3.11. The molecule has 3 heterocycles. The van der Waals surface area contributed by atoms with E-state index in [0.717, 1.165) is 31.9 Å². The van der Waals surface area contributed by atoms with Gasteiger partial charge in [0.25, 0.3) is 0 Å². The lowest BCUT2D eigenvalue weighted by Crippen LogP contribution is -2.46. The number of sulfone groups is 1. The smallest absolute Gasteiger partial charge is 0.194 e. The molecule has 1 aromatic rings. The Bertz CT molecular complexity index is 687. The molecule has 1 unspecified atom stereocenters. The van der Waals surface area contributed by atoms with Gasteiger partial charge in [0, 0.05) is 30.4 Å². The van der Waals surface area contributed by atoms with E-state index in [0.29, 0.717) is 18.3 Å². The van der Waals surface area contributed by atoms with Gasteiger partial charge >= 0.3 is 0 Å². The highest BCUT2D eigenvalue weighted by molar-refractivity contribution is 14.0. The topological polar surface area (TPSA) is 74.7 Å². The maximum atomic E-state index is 11.6. The van der Waals surface area contributed by atoms with Crippen LogP contribution in [0.25, 0.3) is 0 Å². The van der Waals surface area contributed by atoms with Crippen LogP contribution in [0.5, 0.6) is 0 Å². The molecule has 0 amide bonds. The molecule has 1 atom stereocenters. The van der Waals surface area contributed by atoms with Crippen LogP contribution in [0.1, 0.15) is 30.8 Å². The molecule has 0 saturated carbocycles. The number of aromatic nitrogens is 1. The SMILES string of the molecule is CC(C)NC(=NCC1CCS(=O)(=O)C1)N1CCc2ncsc2C1.I. The minimum absolute atomic E-state index is 0. The first-order valence-corrected chi connectivity index (χ1v) is 10.8. The van der Waals surface area contributed by atoms with Crippen LogP contribution in [0.3, 0.4) is 0 Å². The molecule has 9 heteroatoms. The van der Waals surface area contributed by atoms with Crippen LogP contribution in [0.2, 0.25) is 0 Å². The molecule has 3 rings (SSSR count). The predicted molar refractivity (Wildman–Crippen MR) is 109 cm³/mol. The van der Waals surface area contributed by atoms with Crippen LogP contribution >= 0.6 is 35.3 Å². The molecule has 0 aromatic carbocycles. The molecular formula is C15H25IN4O2S2. The molecule has 2 aliphatic rings. The lowest BCUT2D eigenvalue weighted by atomic mass is 10.1. The summed E-state index contributed by atoms with van der Waals surface area (Å²) >= 11 is 1.69. The third-order valence-electron chi connectivity index (χ3n) is 4.22. The van der Waals surface area contributed by atoms with Crippen molar-refractivity contribution in [3.8, 4) is 0 Å². The molecule has 1 fully saturated rings. The van der Waals surface area contributed by atoms with Gasteiger partial charge in [-0.25, -0.2) is 13.4 Å². The van der Waals surface area contributed by atoms with Gasteiger partial charge in [-0.1, -0.05) is 0 Å². The summed E-state index contributed by atoms with van der Waals surface area (Å²) in [4.78, 5) is 12.7. The second-order valence-electron chi connectivity index (χ2n) is 6.63. The third-order valence-corrected chi connectivity index (χ3v) is 6.92. The largest absolute Gasteiger partial charge is 0.354 e. The first-order valence-electron chi connectivity index (χ1n) is 8.10. The van der Waals surface area contributed by atoms with Crippen molar-refractivity contribution in [1.29, 1.82) is 0 Å². The molecule has 0 aliphatic carbocycles. The van der Waals surface area contributed by atoms with Crippen molar-refractivity contribution in [2.45, 2.75) is 39.3 Å². The summed E-state index contributed by atoms with van der Waals surface area (Å²) < 4.78 is 23.2. The van der Waals surface area contributed by atoms with Crippen LogP contribution < -0.4 is 5.32 Å². The third kappa shape index (κ3) is 5.04. The number of nitrogens with zero attached hydrogens (tertiary/aromatic N) is 3. The second-order valence-corrected chi connectivity index (χ2v) is 9.79. The zero-order valence-electron chi connectivity index (χ0n) is 14.1. The number of fused-ring (bicyclic) bond motifs is 1. The number of hydrogen-bond acceptors (Lipinski definition) is 5. The predicted octanol–water partition coefficient (Wildman–Crippen LogP) is 1.91. The van der Waals surface area contributed by atoms with E-state index in [1.807, 2.05) is 5.51 Å². The Morgan fingerprint density at radius 3 is 3.00 bits per heavy atom. The maximum Gasteiger partial charge on any atom is 0.194 e. The van der Waals surface area contributed by atoms with Gasteiger partial charge < -0.3 is 10.2 Å². The molecule has 1 aromatic heterocycles. The fraction of sp³-hybridized carbons (Fsp3) is 0.733. The summed E-state index contributed by atoms with van der Waals surface area (Å²) in [6.45, 7) is 6.51. The Morgan fingerprint density at radius 1 is 1.54 bits per heavy atom. The lowest BCUT2D eigenvalue weighted by Gasteiger charge is -2.31. The van der Waals surface area contributed by atoms with Gasteiger partial charge in [0.05, 0.1) is 29.3 Å². The average molecular weight is 484 g/mol. The van der Waals surface area contributed by atoms with Crippen molar-refractivity contribution in [3.05, 3.63) is 16.1 Å². The van der Waals surface area contributed by atoms with Crippen molar-refractivity contribution in [3.63, 3.8) is 0 Å². The number of guanidine groups is 1. The quantitative estimate of drug-likeness (QED) is 0.403. The molecule has 2 aliphatic heterocycles. The number of rotatable bonds is 3. The van der Waals surface area contributed by atoms with Gasteiger partial charge in [0.2, 0.25) is 0 Å². The first-order chi connectivity index (χ1) is 10.9. The lowest BCUT2D eigenvalue weighted by molar-refractivity contribution is 0.374. The van der Waals surface area contributed by atoms with Crippen molar-refractivity contribution < 1.29 is 8.42 Å². The Hall–Kier alpha value is -0.420. The van der Waals surface area contributed by atoms with Gasteiger partial charge in [0.1, 0.15) is 0 Å². The average Bonchev–Trinajstić information content (AvgIpc) is 3.08. The number of thiazole rings is 1. The minimum Gasteiger partial charge on any atom is -0.354 e. The van der Waals surface area contributed by atoms with Gasteiger partial charge in [-0.15, -0.1) is 35.3 Å². The normalized spacial score (nSPS) is 23.0. The van der Waals surface area contributed by atoms with Crippen LogP contribution in [0.4, 0.5) is 0 Å². The summed E-state index contributed by atoms with van der Waals surface area (Å²) in [6.07, 6.45) is 1.68. The summed E-state index contributed by atoms with van der Waals surface area (Å²) in [6, 6.07) is 0.295. The van der Waals surface area contributed by atoms with Gasteiger partial charge in [0.15, 0.2) is 15.8 Å². The summed E-state index contributed by atoms with van der Waals surface area (Å²) in [7, 11) is -2.83. The molecule has 1 N–H and O–H groups in total. The van der Waals surface area contributed by atoms with Crippen molar-refractivity contribution >= 4 is 51.1 Å². The van der Waals surface area contributed by atoms with Crippen LogP contribution in [0.15, 0.2) is 10.5 Å². The highest BCUT2D eigenvalue weighted by Gasteiger charge is 2.28. The maximum absolute atomic E-state index is 11.6. The highest BCUT2D eigenvalue weighted by atomic mass is 127. The molecule has 0 spiro atoms. The van der Waals surface area contributed by atoms with Crippen molar-refractivity contribution in [1.82, 2.24) is 15.2 Å². The van der Waals surface area contributed by atoms with Gasteiger partial charge in [-0.3, -0.25) is 4.99 Å². The standard InChI is InChI=1S/C15H24N4O2S2.HI/c1-11(2)18-15(16-7-12-4-6-23(20,21)9-12)19-5-3-13-14(8-19)22-10-17-13;/h10-12H,3-9H2,1-2H3,(H,16,18);1H. The van der Waals surface area contributed by atoms with Crippen molar-refractivity contribution in [2.24, 2.45) is 10.9 Å². The zero-order chi connectivity index (χ0) is 16.4.